The van der Waals surface area contributed by atoms with Gasteiger partial charge in [-0.2, -0.15) is 10.2 Å². The van der Waals surface area contributed by atoms with E-state index in [2.05, 4.69) is 26.1 Å². The van der Waals surface area contributed by atoms with Gasteiger partial charge in [-0.05, 0) is 32.8 Å². The molecule has 1 saturated heterocycles. The summed E-state index contributed by atoms with van der Waals surface area (Å²) in [6.45, 7) is 5.32. The number of rotatable bonds is 1. The first-order valence-electron chi connectivity index (χ1n) is 5.82. The standard InChI is InChI=1S/C12H16BrN3O/c1-8-7-11(9(2)15-14-8)12(17)16-5-3-10(13)4-6-16/h7,10H,3-6H2,1-2H3. The van der Waals surface area contributed by atoms with Crippen LogP contribution in [-0.2, 0) is 0 Å². The number of aromatic nitrogens is 2. The fraction of sp³-hybridized carbons (Fsp3) is 0.583. The number of carbonyl (C=O) groups is 1. The molecule has 2 rings (SSSR count). The molecule has 1 aromatic heterocycles. The van der Waals surface area contributed by atoms with E-state index in [1.165, 1.54) is 0 Å². The van der Waals surface area contributed by atoms with Crippen molar-refractivity contribution in [3.63, 3.8) is 0 Å². The quantitative estimate of drug-likeness (QED) is 0.746. The predicted octanol–water partition coefficient (Wildman–Crippen LogP) is 2.09. The zero-order valence-corrected chi connectivity index (χ0v) is 11.7. The van der Waals surface area contributed by atoms with Crippen LogP contribution < -0.4 is 0 Å². The van der Waals surface area contributed by atoms with Gasteiger partial charge >= 0.3 is 0 Å². The molecule has 0 spiro atoms. The summed E-state index contributed by atoms with van der Waals surface area (Å²) in [5.41, 5.74) is 2.18. The van der Waals surface area contributed by atoms with E-state index in [4.69, 9.17) is 0 Å². The Morgan fingerprint density at radius 2 is 2.00 bits per heavy atom. The van der Waals surface area contributed by atoms with Gasteiger partial charge in [-0.3, -0.25) is 4.79 Å². The minimum atomic E-state index is 0.0832. The maximum atomic E-state index is 12.3. The molecule has 1 aromatic rings. The van der Waals surface area contributed by atoms with Crippen molar-refractivity contribution in [3.05, 3.63) is 23.0 Å². The van der Waals surface area contributed by atoms with E-state index < -0.39 is 0 Å². The van der Waals surface area contributed by atoms with Crippen LogP contribution in [0.15, 0.2) is 6.07 Å². The van der Waals surface area contributed by atoms with E-state index in [0.717, 1.165) is 31.6 Å². The molecule has 17 heavy (non-hydrogen) atoms. The maximum Gasteiger partial charge on any atom is 0.255 e. The first kappa shape index (κ1) is 12.5. The van der Waals surface area contributed by atoms with Crippen LogP contribution in [0.5, 0.6) is 0 Å². The van der Waals surface area contributed by atoms with Crippen molar-refractivity contribution in [3.8, 4) is 0 Å². The molecule has 0 radical (unpaired) electrons. The summed E-state index contributed by atoms with van der Waals surface area (Å²) >= 11 is 3.59. The van der Waals surface area contributed by atoms with Gasteiger partial charge in [-0.25, -0.2) is 0 Å². The van der Waals surface area contributed by atoms with Crippen molar-refractivity contribution in [1.29, 1.82) is 0 Å². The number of likely N-dealkylation sites (tertiary alicyclic amines) is 1. The Balaban J connectivity index is 2.16. The lowest BCUT2D eigenvalue weighted by atomic mass is 10.1. The van der Waals surface area contributed by atoms with Gasteiger partial charge < -0.3 is 4.90 Å². The Morgan fingerprint density at radius 1 is 1.35 bits per heavy atom. The van der Waals surface area contributed by atoms with Gasteiger partial charge in [-0.15, -0.1) is 0 Å². The number of aryl methyl sites for hydroxylation is 2. The number of amides is 1. The molecule has 0 aromatic carbocycles. The summed E-state index contributed by atoms with van der Waals surface area (Å²) in [5.74, 6) is 0.0832. The van der Waals surface area contributed by atoms with E-state index in [0.29, 0.717) is 16.1 Å². The van der Waals surface area contributed by atoms with Crippen molar-refractivity contribution in [2.24, 2.45) is 0 Å². The molecule has 0 bridgehead atoms. The van der Waals surface area contributed by atoms with Gasteiger partial charge in [0.1, 0.15) is 0 Å². The lowest BCUT2D eigenvalue weighted by Crippen LogP contribution is -2.39. The Bertz CT molecular complexity index is 428. The molecule has 1 aliphatic rings. The van der Waals surface area contributed by atoms with E-state index in [1.807, 2.05) is 24.8 Å². The van der Waals surface area contributed by atoms with E-state index in [1.54, 1.807) is 0 Å². The third-order valence-corrected chi connectivity index (χ3v) is 3.96. The van der Waals surface area contributed by atoms with Gasteiger partial charge in [0.15, 0.2) is 0 Å². The van der Waals surface area contributed by atoms with Crippen LogP contribution in [0.2, 0.25) is 0 Å². The molecule has 0 aliphatic carbocycles. The Morgan fingerprint density at radius 3 is 2.65 bits per heavy atom. The van der Waals surface area contributed by atoms with Crippen LogP contribution in [0, 0.1) is 13.8 Å². The largest absolute Gasteiger partial charge is 0.339 e. The topological polar surface area (TPSA) is 46.1 Å². The molecule has 0 atom stereocenters. The Labute approximate surface area is 110 Å². The van der Waals surface area contributed by atoms with Crippen molar-refractivity contribution < 1.29 is 4.79 Å². The van der Waals surface area contributed by atoms with Crippen LogP contribution in [-0.4, -0.2) is 38.9 Å². The number of halogens is 1. The van der Waals surface area contributed by atoms with Gasteiger partial charge in [0.2, 0.25) is 0 Å². The average molecular weight is 298 g/mol. The van der Waals surface area contributed by atoms with E-state index >= 15 is 0 Å². The third kappa shape index (κ3) is 2.83. The second-order valence-corrected chi connectivity index (χ2v) is 5.75. The lowest BCUT2D eigenvalue weighted by molar-refractivity contribution is 0.0726. The molecular weight excluding hydrogens is 282 g/mol. The molecule has 92 valence electrons. The molecule has 1 fully saturated rings. The van der Waals surface area contributed by atoms with Crippen LogP contribution in [0.25, 0.3) is 0 Å². The number of hydrogen-bond donors (Lipinski definition) is 0. The zero-order chi connectivity index (χ0) is 12.4. The normalized spacial score (nSPS) is 17.2. The van der Waals surface area contributed by atoms with E-state index in [-0.39, 0.29) is 5.91 Å². The van der Waals surface area contributed by atoms with Gasteiger partial charge in [0.05, 0.1) is 17.0 Å². The van der Waals surface area contributed by atoms with Gasteiger partial charge in [0.25, 0.3) is 5.91 Å². The second kappa shape index (κ2) is 5.12. The average Bonchev–Trinajstić information content (AvgIpc) is 2.32. The third-order valence-electron chi connectivity index (χ3n) is 3.04. The number of piperidine rings is 1. The first-order valence-corrected chi connectivity index (χ1v) is 6.74. The Hall–Kier alpha value is -0.970. The maximum absolute atomic E-state index is 12.3. The van der Waals surface area contributed by atoms with Crippen LogP contribution in [0.4, 0.5) is 0 Å². The van der Waals surface area contributed by atoms with Crippen molar-refractivity contribution in [2.75, 3.05) is 13.1 Å². The summed E-state index contributed by atoms with van der Waals surface area (Å²) in [6.07, 6.45) is 2.03. The minimum Gasteiger partial charge on any atom is -0.339 e. The van der Waals surface area contributed by atoms with Crippen molar-refractivity contribution in [2.45, 2.75) is 31.5 Å². The zero-order valence-electron chi connectivity index (χ0n) is 10.1. The lowest BCUT2D eigenvalue weighted by Gasteiger charge is -2.29. The minimum absolute atomic E-state index is 0.0832. The fourth-order valence-electron chi connectivity index (χ4n) is 1.99. The number of hydrogen-bond acceptors (Lipinski definition) is 3. The Kier molecular flexibility index (Phi) is 3.76. The molecular formula is C12H16BrN3O. The number of nitrogens with zero attached hydrogens (tertiary/aromatic N) is 3. The molecule has 5 heteroatoms. The molecule has 2 heterocycles. The predicted molar refractivity (Wildman–Crippen MR) is 69.4 cm³/mol. The smallest absolute Gasteiger partial charge is 0.255 e. The number of carbonyl (C=O) groups excluding carboxylic acids is 1. The first-order chi connectivity index (χ1) is 8.08. The summed E-state index contributed by atoms with van der Waals surface area (Å²) in [5, 5.41) is 7.95. The summed E-state index contributed by atoms with van der Waals surface area (Å²) in [6, 6.07) is 1.82. The molecule has 1 amide bonds. The number of alkyl halides is 1. The monoisotopic (exact) mass is 297 g/mol. The molecule has 0 saturated carbocycles. The molecule has 0 unspecified atom stereocenters. The highest BCUT2D eigenvalue weighted by molar-refractivity contribution is 9.09. The second-order valence-electron chi connectivity index (χ2n) is 4.45. The van der Waals surface area contributed by atoms with E-state index in [9.17, 15) is 4.79 Å². The van der Waals surface area contributed by atoms with Gasteiger partial charge in [0, 0.05) is 17.9 Å². The van der Waals surface area contributed by atoms with Crippen LogP contribution >= 0.6 is 15.9 Å². The fourth-order valence-corrected chi connectivity index (χ4v) is 2.40. The van der Waals surface area contributed by atoms with Crippen molar-refractivity contribution in [1.82, 2.24) is 15.1 Å². The molecule has 0 N–H and O–H groups in total. The highest BCUT2D eigenvalue weighted by Crippen LogP contribution is 2.19. The van der Waals surface area contributed by atoms with Crippen LogP contribution in [0.1, 0.15) is 34.6 Å². The SMILES string of the molecule is Cc1cc(C(=O)N2CCC(Br)CC2)c(C)nn1. The summed E-state index contributed by atoms with van der Waals surface area (Å²) < 4.78 is 0. The van der Waals surface area contributed by atoms with Crippen molar-refractivity contribution >= 4 is 21.8 Å². The highest BCUT2D eigenvalue weighted by Gasteiger charge is 2.23. The summed E-state index contributed by atoms with van der Waals surface area (Å²) in [4.78, 5) is 14.8. The highest BCUT2D eigenvalue weighted by atomic mass is 79.9. The molecule has 4 nitrogen and oxygen atoms in total. The van der Waals surface area contributed by atoms with Gasteiger partial charge in [-0.1, -0.05) is 15.9 Å². The summed E-state index contributed by atoms with van der Waals surface area (Å²) in [7, 11) is 0. The molecule has 1 aliphatic heterocycles. The van der Waals surface area contributed by atoms with Crippen LogP contribution in [0.3, 0.4) is 0 Å².